The minimum absolute atomic E-state index is 0.0755. The lowest BCUT2D eigenvalue weighted by Crippen LogP contribution is -2.52. The summed E-state index contributed by atoms with van der Waals surface area (Å²) >= 11 is 0. The fourth-order valence-corrected chi connectivity index (χ4v) is 4.97. The molecule has 1 N–H and O–H groups in total. The van der Waals surface area contributed by atoms with Crippen LogP contribution in [0.1, 0.15) is 52.1 Å². The van der Waals surface area contributed by atoms with Crippen molar-refractivity contribution in [2.45, 2.75) is 46.6 Å². The summed E-state index contributed by atoms with van der Waals surface area (Å²) in [5.74, 6) is 0.313. The van der Waals surface area contributed by atoms with E-state index in [0.717, 1.165) is 24.2 Å². The first-order valence-electron chi connectivity index (χ1n) is 13.4. The van der Waals surface area contributed by atoms with Crippen LogP contribution in [0.3, 0.4) is 0 Å². The first-order valence-corrected chi connectivity index (χ1v) is 13.4. The van der Waals surface area contributed by atoms with Gasteiger partial charge in [-0.3, -0.25) is 14.5 Å². The van der Waals surface area contributed by atoms with E-state index < -0.39 is 6.04 Å². The smallest absolute Gasteiger partial charge is 0.244 e. The van der Waals surface area contributed by atoms with Gasteiger partial charge in [-0.1, -0.05) is 26.0 Å². The lowest BCUT2D eigenvalue weighted by molar-refractivity contribution is -0.137. The van der Waals surface area contributed by atoms with E-state index in [1.54, 1.807) is 19.2 Å². The Kier molecular flexibility index (Phi) is 10.3. The van der Waals surface area contributed by atoms with Crippen LogP contribution in [0.25, 0.3) is 0 Å². The third-order valence-electron chi connectivity index (χ3n) is 7.33. The highest BCUT2D eigenvalue weighted by atomic mass is 19.1. The van der Waals surface area contributed by atoms with Gasteiger partial charge in [-0.15, -0.1) is 0 Å². The van der Waals surface area contributed by atoms with Crippen molar-refractivity contribution >= 4 is 23.2 Å². The molecular weight excluding hydrogens is 471 g/mol. The second-order valence-electron chi connectivity index (χ2n) is 9.38. The van der Waals surface area contributed by atoms with Gasteiger partial charge in [0.2, 0.25) is 11.8 Å². The number of rotatable bonds is 11. The maximum Gasteiger partial charge on any atom is 0.244 e. The molecule has 2 aromatic rings. The predicted octanol–water partition coefficient (Wildman–Crippen LogP) is 4.94. The Morgan fingerprint density at radius 1 is 0.973 bits per heavy atom. The van der Waals surface area contributed by atoms with Crippen molar-refractivity contribution in [2.75, 3.05) is 56.6 Å². The number of hydrogen-bond donors (Lipinski definition) is 1. The number of benzene rings is 2. The van der Waals surface area contributed by atoms with E-state index in [4.69, 9.17) is 4.74 Å². The van der Waals surface area contributed by atoms with Gasteiger partial charge in [-0.25, -0.2) is 4.39 Å². The van der Waals surface area contributed by atoms with Crippen molar-refractivity contribution in [3.63, 3.8) is 0 Å². The number of amides is 2. The molecule has 8 heteroatoms. The van der Waals surface area contributed by atoms with Crippen LogP contribution in [0.15, 0.2) is 42.5 Å². The Balaban J connectivity index is 1.73. The Morgan fingerprint density at radius 2 is 1.59 bits per heavy atom. The molecular formula is C29H41FN4O3. The zero-order chi connectivity index (χ0) is 26.9. The number of carbonyl (C=O) groups is 2. The van der Waals surface area contributed by atoms with Crippen LogP contribution in [0, 0.1) is 11.7 Å². The monoisotopic (exact) mass is 512 g/mol. The Bertz CT molecular complexity index is 1030. The maximum atomic E-state index is 15.1. The van der Waals surface area contributed by atoms with Crippen molar-refractivity contribution in [3.05, 3.63) is 53.8 Å². The van der Waals surface area contributed by atoms with Crippen LogP contribution in [0.2, 0.25) is 0 Å². The summed E-state index contributed by atoms with van der Waals surface area (Å²) in [6.45, 7) is 11.7. The minimum atomic E-state index is -0.402. The fourth-order valence-electron chi connectivity index (χ4n) is 4.97. The van der Waals surface area contributed by atoms with Crippen LogP contribution >= 0.6 is 0 Å². The second kappa shape index (κ2) is 13.4. The molecule has 0 saturated carbocycles. The van der Waals surface area contributed by atoms with Crippen LogP contribution in [-0.2, 0) is 9.59 Å². The lowest BCUT2D eigenvalue weighted by Gasteiger charge is -2.41. The maximum absolute atomic E-state index is 15.1. The highest BCUT2D eigenvalue weighted by molar-refractivity contribution is 5.92. The van der Waals surface area contributed by atoms with Crippen molar-refractivity contribution in [2.24, 2.45) is 5.92 Å². The number of piperazine rings is 1. The molecule has 1 heterocycles. The SMILES string of the molecule is CCC(CC)C(=O)Nc1ccc(N2CCN(C(C(=O)N(CC)CC)c3ccc(OC)cc3)CC2)c(F)c1. The highest BCUT2D eigenvalue weighted by Crippen LogP contribution is 2.29. The summed E-state index contributed by atoms with van der Waals surface area (Å²) in [5, 5.41) is 2.84. The molecule has 1 fully saturated rings. The third-order valence-corrected chi connectivity index (χ3v) is 7.33. The number of likely N-dealkylation sites (N-methyl/N-ethyl adjacent to an activating group) is 1. The number of carbonyl (C=O) groups excluding carboxylic acids is 2. The quantitative estimate of drug-likeness (QED) is 0.462. The molecule has 0 bridgehead atoms. The molecule has 202 valence electrons. The minimum Gasteiger partial charge on any atom is -0.497 e. The molecule has 37 heavy (non-hydrogen) atoms. The van der Waals surface area contributed by atoms with E-state index in [-0.39, 0.29) is 23.5 Å². The summed E-state index contributed by atoms with van der Waals surface area (Å²) in [6.07, 6.45) is 1.50. The zero-order valence-corrected chi connectivity index (χ0v) is 22.8. The third kappa shape index (κ3) is 6.80. The van der Waals surface area contributed by atoms with Gasteiger partial charge in [0, 0.05) is 50.9 Å². The highest BCUT2D eigenvalue weighted by Gasteiger charge is 2.33. The van der Waals surface area contributed by atoms with E-state index >= 15 is 4.39 Å². The van der Waals surface area contributed by atoms with Gasteiger partial charge in [0.1, 0.15) is 17.6 Å². The Hall–Kier alpha value is -3.13. The van der Waals surface area contributed by atoms with Gasteiger partial charge >= 0.3 is 0 Å². The molecule has 1 aliphatic heterocycles. The molecule has 0 radical (unpaired) electrons. The van der Waals surface area contributed by atoms with Crippen LogP contribution in [0.5, 0.6) is 5.75 Å². The first-order chi connectivity index (χ1) is 17.9. The van der Waals surface area contributed by atoms with Crippen molar-refractivity contribution in [1.82, 2.24) is 9.80 Å². The lowest BCUT2D eigenvalue weighted by atomic mass is 10.0. The molecule has 2 amide bonds. The molecule has 1 saturated heterocycles. The number of anilines is 2. The normalized spacial score (nSPS) is 14.9. The van der Waals surface area contributed by atoms with Crippen LogP contribution < -0.4 is 15.0 Å². The van der Waals surface area contributed by atoms with Gasteiger partial charge < -0.3 is 19.9 Å². The summed E-state index contributed by atoms with van der Waals surface area (Å²) in [4.78, 5) is 32.0. The summed E-state index contributed by atoms with van der Waals surface area (Å²) in [5.41, 5.74) is 1.91. The van der Waals surface area contributed by atoms with Gasteiger partial charge in [-0.2, -0.15) is 0 Å². The molecule has 1 aliphatic rings. The Morgan fingerprint density at radius 3 is 2.11 bits per heavy atom. The molecule has 0 aromatic heterocycles. The standard InChI is InChI=1S/C29H41FN4O3/c1-6-21(7-2)28(35)31-23-12-15-26(25(30)20-23)33-16-18-34(19-17-33)27(29(36)32(8-3)9-4)22-10-13-24(37-5)14-11-22/h10-15,20-21,27H,6-9,16-19H2,1-5H3,(H,31,35). The van der Waals surface area contributed by atoms with Crippen LogP contribution in [-0.4, -0.2) is 68.0 Å². The van der Waals surface area contributed by atoms with Gasteiger partial charge in [0.15, 0.2) is 0 Å². The largest absolute Gasteiger partial charge is 0.497 e. The molecule has 1 unspecified atom stereocenters. The average molecular weight is 513 g/mol. The molecule has 3 rings (SSSR count). The van der Waals surface area contributed by atoms with Crippen molar-refractivity contribution in [3.8, 4) is 5.75 Å². The number of nitrogens with one attached hydrogen (secondary N) is 1. The molecule has 0 aliphatic carbocycles. The van der Waals surface area contributed by atoms with Crippen molar-refractivity contribution < 1.29 is 18.7 Å². The zero-order valence-electron chi connectivity index (χ0n) is 22.8. The average Bonchev–Trinajstić information content (AvgIpc) is 2.91. The first kappa shape index (κ1) is 28.4. The van der Waals surface area contributed by atoms with Gasteiger partial charge in [-0.05, 0) is 62.6 Å². The van der Waals surface area contributed by atoms with E-state index in [1.165, 1.54) is 6.07 Å². The van der Waals surface area contributed by atoms with E-state index in [1.807, 2.05) is 61.8 Å². The number of halogens is 1. The van der Waals surface area contributed by atoms with E-state index in [2.05, 4.69) is 10.2 Å². The molecule has 2 aromatic carbocycles. The van der Waals surface area contributed by atoms with Gasteiger partial charge in [0.05, 0.1) is 12.8 Å². The second-order valence-corrected chi connectivity index (χ2v) is 9.38. The molecule has 1 atom stereocenters. The molecule has 0 spiro atoms. The summed E-state index contributed by atoms with van der Waals surface area (Å²) in [7, 11) is 1.62. The predicted molar refractivity (Wildman–Crippen MR) is 147 cm³/mol. The number of nitrogens with zero attached hydrogens (tertiary/aromatic N) is 3. The number of methoxy groups -OCH3 is 1. The Labute approximate surface area is 220 Å². The van der Waals surface area contributed by atoms with E-state index in [9.17, 15) is 9.59 Å². The molecule has 7 nitrogen and oxygen atoms in total. The number of hydrogen-bond acceptors (Lipinski definition) is 5. The van der Waals surface area contributed by atoms with Gasteiger partial charge in [0.25, 0.3) is 0 Å². The topological polar surface area (TPSA) is 65.1 Å². The summed E-state index contributed by atoms with van der Waals surface area (Å²) < 4.78 is 20.4. The van der Waals surface area contributed by atoms with Crippen LogP contribution in [0.4, 0.5) is 15.8 Å². The fraction of sp³-hybridized carbons (Fsp3) is 0.517. The number of ether oxygens (including phenoxy) is 1. The summed E-state index contributed by atoms with van der Waals surface area (Å²) in [6, 6.07) is 12.1. The van der Waals surface area contributed by atoms with Crippen molar-refractivity contribution in [1.29, 1.82) is 0 Å². The van der Waals surface area contributed by atoms with E-state index in [0.29, 0.717) is 50.6 Å².